The van der Waals surface area contributed by atoms with Crippen molar-refractivity contribution < 1.29 is 58.0 Å². The van der Waals surface area contributed by atoms with E-state index in [0.717, 1.165) is 22.3 Å². The van der Waals surface area contributed by atoms with Crippen LogP contribution in [0.2, 0.25) is 20.1 Å². The highest BCUT2D eigenvalue weighted by molar-refractivity contribution is 6.40. The lowest BCUT2D eigenvalue weighted by molar-refractivity contribution is -0.142. The van der Waals surface area contributed by atoms with Gasteiger partial charge in [0, 0.05) is 60.0 Å². The summed E-state index contributed by atoms with van der Waals surface area (Å²) in [5.74, 6) is -11.3. The molecule has 0 bridgehead atoms. The minimum atomic E-state index is -1.30. The number of carboxylic acids is 2. The second-order valence-electron chi connectivity index (χ2n) is 22.4. The number of ketones is 4. The summed E-state index contributed by atoms with van der Waals surface area (Å²) in [6, 6.07) is 27.2. The molecular weight excluding hydrogens is 1190 g/mol. The quantitative estimate of drug-likeness (QED) is 0.0478. The highest BCUT2D eigenvalue weighted by Crippen LogP contribution is 2.31. The van der Waals surface area contributed by atoms with Gasteiger partial charge in [-0.2, -0.15) is 10.2 Å². The minimum absolute atomic E-state index is 0.0258. The molecule has 6 rings (SSSR count). The molecule has 0 saturated carbocycles. The maximum atomic E-state index is 13.5. The third kappa shape index (κ3) is 18.7. The number of rotatable bonds is 26. The van der Waals surface area contributed by atoms with E-state index in [1.165, 1.54) is 70.3 Å². The molecule has 0 amide bonds. The van der Waals surface area contributed by atoms with Crippen LogP contribution in [0.3, 0.4) is 0 Å². The number of halogens is 4. The number of nitrogens with zero attached hydrogens (tertiary/aromatic N) is 4. The lowest BCUT2D eigenvalue weighted by Gasteiger charge is -2.23. The standard InChI is InChI=1S/2C32H34Cl2N2O7/c2*1-5-21(22-13-14-35-36(30(22)41)17-19-9-6-7-10-23(19)32(2,3)4)26(37)15-20(16-28(39)40)27(38)18-43-31(42)29-24(33)11-8-12-25(29)34/h2*6-14,20-21H,5,15-18H2,1-4H3,(H,39,40)/t20-,21+;20-,21-/m00/s1. The zero-order chi connectivity index (χ0) is 63.8. The molecule has 2 N–H and O–H groups in total. The average Bonchev–Trinajstić information content (AvgIpc) is 2.11. The smallest absolute Gasteiger partial charge is 0.341 e. The first-order chi connectivity index (χ1) is 40.5. The Kier molecular flexibility index (Phi) is 25.0. The molecule has 0 saturated heterocycles. The number of carboxylic acid groups (broad SMARTS) is 2. The zero-order valence-electron chi connectivity index (χ0n) is 48.9. The van der Waals surface area contributed by atoms with Crippen LogP contribution in [-0.4, -0.2) is 90.0 Å². The van der Waals surface area contributed by atoms with E-state index < -0.39 is 121 Å². The van der Waals surface area contributed by atoms with Gasteiger partial charge in [0.05, 0.1) is 57.1 Å². The van der Waals surface area contributed by atoms with Crippen LogP contribution < -0.4 is 11.1 Å². The van der Waals surface area contributed by atoms with E-state index in [9.17, 15) is 58.2 Å². The van der Waals surface area contributed by atoms with Gasteiger partial charge in [0.25, 0.3) is 11.1 Å². The molecule has 0 radical (unpaired) electrons. The molecule has 86 heavy (non-hydrogen) atoms. The average molecular weight is 1260 g/mol. The molecule has 456 valence electrons. The van der Waals surface area contributed by atoms with Crippen molar-refractivity contribution in [1.29, 1.82) is 0 Å². The topological polar surface area (TPSA) is 265 Å². The van der Waals surface area contributed by atoms with Crippen LogP contribution >= 0.6 is 46.4 Å². The van der Waals surface area contributed by atoms with E-state index in [4.69, 9.17) is 55.9 Å². The molecule has 0 spiro atoms. The number of carbonyl (C=O) groups excluding carboxylic acids is 6. The van der Waals surface area contributed by atoms with Crippen molar-refractivity contribution in [1.82, 2.24) is 19.6 Å². The van der Waals surface area contributed by atoms with Gasteiger partial charge >= 0.3 is 23.9 Å². The highest BCUT2D eigenvalue weighted by atomic mass is 35.5. The van der Waals surface area contributed by atoms with Gasteiger partial charge in [-0.1, -0.05) is 162 Å². The Hall–Kier alpha value is -7.64. The summed E-state index contributed by atoms with van der Waals surface area (Å²) in [6.07, 6.45) is 1.16. The lowest BCUT2D eigenvalue weighted by atomic mass is 9.83. The van der Waals surface area contributed by atoms with Gasteiger partial charge in [-0.15, -0.1) is 0 Å². The van der Waals surface area contributed by atoms with Crippen LogP contribution in [0.15, 0.2) is 119 Å². The van der Waals surface area contributed by atoms with Gasteiger partial charge in [0.15, 0.2) is 24.8 Å². The summed E-state index contributed by atoms with van der Waals surface area (Å²) < 4.78 is 12.7. The van der Waals surface area contributed by atoms with Gasteiger partial charge in [0.2, 0.25) is 0 Å². The number of aromatic nitrogens is 4. The molecular formula is C64H68Cl4N4O14. The third-order valence-electron chi connectivity index (χ3n) is 14.2. The molecule has 6 aromatic rings. The number of benzene rings is 4. The predicted molar refractivity (Wildman–Crippen MR) is 326 cm³/mol. The number of hydrogen-bond donors (Lipinski definition) is 2. The first-order valence-corrected chi connectivity index (χ1v) is 29.0. The Morgan fingerprint density at radius 3 is 1.10 bits per heavy atom. The van der Waals surface area contributed by atoms with E-state index in [1.54, 1.807) is 13.8 Å². The van der Waals surface area contributed by atoms with Crippen molar-refractivity contribution in [2.45, 2.75) is 130 Å². The SMILES string of the molecule is CC[C@@H](C(=O)C[C@@H](CC(=O)O)C(=O)COC(=O)c1c(Cl)cccc1Cl)c1ccnn(Cc2ccccc2C(C)(C)C)c1=O.CC[C@H](C(=O)C[C@@H](CC(=O)O)C(=O)COC(=O)c1c(Cl)cccc1Cl)c1ccnn(Cc2ccccc2C(C)(C)C)c1=O. The van der Waals surface area contributed by atoms with Crippen LogP contribution in [0, 0.1) is 11.8 Å². The van der Waals surface area contributed by atoms with Crippen molar-refractivity contribution in [2.24, 2.45) is 11.8 Å². The van der Waals surface area contributed by atoms with Crippen LogP contribution in [0.25, 0.3) is 0 Å². The number of aliphatic carboxylic acids is 2. The van der Waals surface area contributed by atoms with Crippen LogP contribution in [0.5, 0.6) is 0 Å². The predicted octanol–water partition coefficient (Wildman–Crippen LogP) is 11.7. The molecule has 22 heteroatoms. The van der Waals surface area contributed by atoms with E-state index in [2.05, 4.69) is 51.7 Å². The van der Waals surface area contributed by atoms with E-state index in [1.807, 2.05) is 48.5 Å². The van der Waals surface area contributed by atoms with Crippen LogP contribution in [0.4, 0.5) is 0 Å². The number of esters is 2. The Balaban J connectivity index is 0.000000314. The van der Waals surface area contributed by atoms with Crippen LogP contribution in [-0.2, 0) is 62.2 Å². The number of hydrogen-bond acceptors (Lipinski definition) is 14. The molecule has 0 aliphatic carbocycles. The van der Waals surface area contributed by atoms with Crippen molar-refractivity contribution in [2.75, 3.05) is 13.2 Å². The largest absolute Gasteiger partial charge is 0.481 e. The molecule has 0 aliphatic heterocycles. The van der Waals surface area contributed by atoms with Crippen molar-refractivity contribution in [3.63, 3.8) is 0 Å². The van der Waals surface area contributed by atoms with Gasteiger partial charge < -0.3 is 19.7 Å². The van der Waals surface area contributed by atoms with Gasteiger partial charge in [0.1, 0.15) is 11.6 Å². The maximum Gasteiger partial charge on any atom is 0.341 e. The van der Waals surface area contributed by atoms with Gasteiger partial charge in [-0.05, 0) is 82.3 Å². The number of carbonyl (C=O) groups is 8. The summed E-state index contributed by atoms with van der Waals surface area (Å²) in [5, 5.41) is 27.4. The second-order valence-corrected chi connectivity index (χ2v) is 24.1. The lowest BCUT2D eigenvalue weighted by Crippen LogP contribution is -2.32. The Morgan fingerprint density at radius 2 is 0.802 bits per heavy atom. The highest BCUT2D eigenvalue weighted by Gasteiger charge is 2.33. The first-order valence-electron chi connectivity index (χ1n) is 27.5. The van der Waals surface area contributed by atoms with E-state index >= 15 is 0 Å². The zero-order valence-corrected chi connectivity index (χ0v) is 51.9. The number of ether oxygens (including phenoxy) is 2. The minimum Gasteiger partial charge on any atom is -0.481 e. The number of Topliss-reactive ketones (excluding diaryl/α,β-unsaturated/α-hetero) is 4. The Morgan fingerprint density at radius 1 is 0.477 bits per heavy atom. The molecule has 4 atom stereocenters. The van der Waals surface area contributed by atoms with E-state index in [-0.39, 0.29) is 79.1 Å². The third-order valence-corrected chi connectivity index (χ3v) is 15.5. The molecule has 2 aromatic heterocycles. The van der Waals surface area contributed by atoms with Crippen molar-refractivity contribution >= 4 is 93.4 Å². The maximum absolute atomic E-state index is 13.5. The molecule has 2 heterocycles. The fourth-order valence-corrected chi connectivity index (χ4v) is 11.0. The normalized spacial score (nSPS) is 12.8. The fraction of sp³-hybridized carbons (Fsp3) is 0.375. The second kappa shape index (κ2) is 31.1. The van der Waals surface area contributed by atoms with Gasteiger partial charge in [-0.3, -0.25) is 38.4 Å². The Labute approximate surface area is 517 Å². The Bertz CT molecular complexity index is 3350. The van der Waals surface area contributed by atoms with Crippen LogP contribution in [0.1, 0.15) is 160 Å². The molecule has 0 aliphatic rings. The fourth-order valence-electron chi connectivity index (χ4n) is 9.86. The monoisotopic (exact) mass is 1260 g/mol. The molecule has 18 nitrogen and oxygen atoms in total. The summed E-state index contributed by atoms with van der Waals surface area (Å²) in [4.78, 5) is 128. The summed E-state index contributed by atoms with van der Waals surface area (Å²) in [5.41, 5.74) is 2.88. The van der Waals surface area contributed by atoms with Crippen molar-refractivity contribution in [3.8, 4) is 0 Å². The van der Waals surface area contributed by atoms with E-state index in [0.29, 0.717) is 0 Å². The van der Waals surface area contributed by atoms with Gasteiger partial charge in [-0.25, -0.2) is 19.0 Å². The molecule has 4 aromatic carbocycles. The molecule has 0 fully saturated rings. The summed E-state index contributed by atoms with van der Waals surface area (Å²) in [7, 11) is 0. The molecule has 0 unspecified atom stereocenters. The first kappa shape index (κ1) is 69.1. The van der Waals surface area contributed by atoms with Crippen molar-refractivity contribution in [3.05, 3.63) is 195 Å². The summed E-state index contributed by atoms with van der Waals surface area (Å²) >= 11 is 24.1. The summed E-state index contributed by atoms with van der Waals surface area (Å²) in [6.45, 7) is 14.7.